The van der Waals surface area contributed by atoms with Crippen LogP contribution >= 0.6 is 11.3 Å². The Bertz CT molecular complexity index is 408. The number of amides is 1. The smallest absolute Gasteiger partial charge is 0.225 e. The Morgan fingerprint density at radius 3 is 2.56 bits per heavy atom. The van der Waals surface area contributed by atoms with E-state index in [4.69, 9.17) is 0 Å². The minimum Gasteiger partial charge on any atom is -0.342 e. The van der Waals surface area contributed by atoms with E-state index in [2.05, 4.69) is 17.1 Å². The highest BCUT2D eigenvalue weighted by Crippen LogP contribution is 2.30. The highest BCUT2D eigenvalue weighted by molar-refractivity contribution is 7.11. The van der Waals surface area contributed by atoms with E-state index in [0.29, 0.717) is 5.92 Å². The lowest BCUT2D eigenvalue weighted by atomic mass is 9.97. The monoisotopic (exact) mass is 267 g/mol. The number of carbonyl (C=O) groups excluding carboxylic acids is 1. The van der Waals surface area contributed by atoms with Crippen LogP contribution in [0.25, 0.3) is 0 Å². The molecule has 2 rings (SSSR count). The third kappa shape index (κ3) is 2.88. The fourth-order valence-corrected chi connectivity index (χ4v) is 3.24. The zero-order valence-electron chi connectivity index (χ0n) is 11.3. The molecule has 0 unspecified atom stereocenters. The van der Waals surface area contributed by atoms with Gasteiger partial charge in [0.05, 0.1) is 0 Å². The van der Waals surface area contributed by atoms with Crippen LogP contribution in [-0.4, -0.2) is 34.1 Å². The van der Waals surface area contributed by atoms with Crippen LogP contribution in [-0.2, 0) is 11.2 Å². The number of hydrogen-bond acceptors (Lipinski definition) is 4. The predicted molar refractivity (Wildman–Crippen MR) is 72.7 cm³/mol. The van der Waals surface area contributed by atoms with Crippen LogP contribution in [0.5, 0.6) is 0 Å². The Labute approximate surface area is 112 Å². The normalized spacial score (nSPS) is 17.4. The largest absolute Gasteiger partial charge is 0.342 e. The first-order valence-electron chi connectivity index (χ1n) is 6.72. The third-order valence-electron chi connectivity index (χ3n) is 3.43. The summed E-state index contributed by atoms with van der Waals surface area (Å²) >= 11 is 1.73. The molecule has 4 nitrogen and oxygen atoms in total. The molecule has 1 saturated heterocycles. The first-order chi connectivity index (χ1) is 8.61. The van der Waals surface area contributed by atoms with E-state index in [1.807, 2.05) is 18.7 Å². The van der Waals surface area contributed by atoms with Gasteiger partial charge in [-0.15, -0.1) is 21.5 Å². The fraction of sp³-hybridized carbons (Fsp3) is 0.769. The van der Waals surface area contributed by atoms with Gasteiger partial charge in [-0.05, 0) is 19.3 Å². The summed E-state index contributed by atoms with van der Waals surface area (Å²) in [6.45, 7) is 7.76. The second-order valence-electron chi connectivity index (χ2n) is 5.14. The van der Waals surface area contributed by atoms with Gasteiger partial charge in [-0.25, -0.2) is 0 Å². The standard InChI is InChI=1S/C13H21N3OS/c1-4-11-14-15-12(18-11)10-5-7-16(8-6-10)13(17)9(2)3/h9-10H,4-8H2,1-3H3. The average Bonchev–Trinajstić information content (AvgIpc) is 2.86. The van der Waals surface area contributed by atoms with Crippen molar-refractivity contribution in [3.63, 3.8) is 0 Å². The highest BCUT2D eigenvalue weighted by Gasteiger charge is 2.26. The van der Waals surface area contributed by atoms with Gasteiger partial charge in [0.15, 0.2) is 0 Å². The lowest BCUT2D eigenvalue weighted by Crippen LogP contribution is -2.40. The molecule has 5 heteroatoms. The molecule has 1 aromatic heterocycles. The van der Waals surface area contributed by atoms with E-state index in [0.717, 1.165) is 42.4 Å². The van der Waals surface area contributed by atoms with Crippen LogP contribution < -0.4 is 0 Å². The molecule has 0 saturated carbocycles. The molecule has 1 fully saturated rings. The van der Waals surface area contributed by atoms with Crippen LogP contribution in [0.4, 0.5) is 0 Å². The summed E-state index contributed by atoms with van der Waals surface area (Å²) in [6.07, 6.45) is 3.01. The number of carbonyl (C=O) groups is 1. The summed E-state index contributed by atoms with van der Waals surface area (Å²) in [4.78, 5) is 13.9. The minimum atomic E-state index is 0.106. The van der Waals surface area contributed by atoms with Crippen LogP contribution in [0, 0.1) is 5.92 Å². The predicted octanol–water partition coefficient (Wildman–Crippen LogP) is 2.46. The van der Waals surface area contributed by atoms with Crippen molar-refractivity contribution in [2.75, 3.05) is 13.1 Å². The van der Waals surface area contributed by atoms with E-state index in [-0.39, 0.29) is 11.8 Å². The molecule has 0 atom stereocenters. The quantitative estimate of drug-likeness (QED) is 0.845. The molecule has 18 heavy (non-hydrogen) atoms. The first-order valence-corrected chi connectivity index (χ1v) is 7.54. The zero-order valence-corrected chi connectivity index (χ0v) is 12.2. The topological polar surface area (TPSA) is 46.1 Å². The van der Waals surface area contributed by atoms with Crippen molar-refractivity contribution < 1.29 is 4.79 Å². The van der Waals surface area contributed by atoms with Crippen molar-refractivity contribution in [3.8, 4) is 0 Å². The van der Waals surface area contributed by atoms with Crippen molar-refractivity contribution in [1.29, 1.82) is 0 Å². The molecule has 0 radical (unpaired) electrons. The third-order valence-corrected chi connectivity index (χ3v) is 4.66. The minimum absolute atomic E-state index is 0.106. The van der Waals surface area contributed by atoms with Crippen molar-refractivity contribution in [2.45, 2.75) is 46.0 Å². The molecule has 1 aromatic rings. The van der Waals surface area contributed by atoms with Crippen LogP contribution in [0.15, 0.2) is 0 Å². The van der Waals surface area contributed by atoms with E-state index in [9.17, 15) is 4.79 Å². The molecular weight excluding hydrogens is 246 g/mol. The highest BCUT2D eigenvalue weighted by atomic mass is 32.1. The number of likely N-dealkylation sites (tertiary alicyclic amines) is 1. The Balaban J connectivity index is 1.92. The molecule has 1 aliphatic heterocycles. The Morgan fingerprint density at radius 1 is 1.39 bits per heavy atom. The van der Waals surface area contributed by atoms with Gasteiger partial charge in [-0.3, -0.25) is 4.79 Å². The van der Waals surface area contributed by atoms with Gasteiger partial charge in [0.25, 0.3) is 0 Å². The fourth-order valence-electron chi connectivity index (χ4n) is 2.29. The molecule has 1 aliphatic rings. The molecule has 0 aliphatic carbocycles. The van der Waals surface area contributed by atoms with Crippen molar-refractivity contribution in [2.24, 2.45) is 5.92 Å². The molecule has 0 N–H and O–H groups in total. The Kier molecular flexibility index (Phi) is 4.32. The number of nitrogens with zero attached hydrogens (tertiary/aromatic N) is 3. The average molecular weight is 267 g/mol. The molecule has 0 bridgehead atoms. The zero-order chi connectivity index (χ0) is 13.1. The summed E-state index contributed by atoms with van der Waals surface area (Å²) in [5, 5.41) is 10.7. The molecule has 1 amide bonds. The second kappa shape index (κ2) is 5.78. The maximum atomic E-state index is 11.9. The number of aromatic nitrogens is 2. The Morgan fingerprint density at radius 2 is 2.06 bits per heavy atom. The van der Waals surface area contributed by atoms with Crippen LogP contribution in [0.2, 0.25) is 0 Å². The van der Waals surface area contributed by atoms with Gasteiger partial charge in [0.1, 0.15) is 10.0 Å². The van der Waals surface area contributed by atoms with Gasteiger partial charge in [0.2, 0.25) is 5.91 Å². The number of rotatable bonds is 3. The molecule has 2 heterocycles. The van der Waals surface area contributed by atoms with Crippen LogP contribution in [0.1, 0.15) is 49.5 Å². The van der Waals surface area contributed by atoms with E-state index < -0.39 is 0 Å². The number of aryl methyl sites for hydroxylation is 1. The number of piperidine rings is 1. The summed E-state index contributed by atoms with van der Waals surface area (Å²) < 4.78 is 0. The summed E-state index contributed by atoms with van der Waals surface area (Å²) in [5.41, 5.74) is 0. The van der Waals surface area contributed by atoms with Gasteiger partial charge in [-0.2, -0.15) is 0 Å². The lowest BCUT2D eigenvalue weighted by molar-refractivity contribution is -0.135. The van der Waals surface area contributed by atoms with Crippen molar-refractivity contribution in [3.05, 3.63) is 10.0 Å². The van der Waals surface area contributed by atoms with Crippen molar-refractivity contribution >= 4 is 17.2 Å². The molecule has 100 valence electrons. The SMILES string of the molecule is CCc1nnc(C2CCN(C(=O)C(C)C)CC2)s1. The van der Waals surface area contributed by atoms with Gasteiger partial charge >= 0.3 is 0 Å². The van der Waals surface area contributed by atoms with Crippen molar-refractivity contribution in [1.82, 2.24) is 15.1 Å². The van der Waals surface area contributed by atoms with E-state index in [1.165, 1.54) is 0 Å². The van der Waals surface area contributed by atoms with Gasteiger partial charge in [0, 0.05) is 24.9 Å². The molecule has 0 spiro atoms. The van der Waals surface area contributed by atoms with Crippen LogP contribution in [0.3, 0.4) is 0 Å². The maximum absolute atomic E-state index is 11.9. The lowest BCUT2D eigenvalue weighted by Gasteiger charge is -2.32. The molecule has 0 aromatic carbocycles. The summed E-state index contributed by atoms with van der Waals surface area (Å²) in [6, 6.07) is 0. The van der Waals surface area contributed by atoms with Gasteiger partial charge in [-0.1, -0.05) is 20.8 Å². The second-order valence-corrected chi connectivity index (χ2v) is 6.24. The number of hydrogen-bond donors (Lipinski definition) is 0. The van der Waals surface area contributed by atoms with E-state index in [1.54, 1.807) is 11.3 Å². The summed E-state index contributed by atoms with van der Waals surface area (Å²) in [7, 11) is 0. The maximum Gasteiger partial charge on any atom is 0.225 e. The van der Waals surface area contributed by atoms with Gasteiger partial charge < -0.3 is 4.90 Å². The Hall–Kier alpha value is -0.970. The summed E-state index contributed by atoms with van der Waals surface area (Å²) in [5.74, 6) is 0.883. The van der Waals surface area contributed by atoms with E-state index >= 15 is 0 Å². The first kappa shape index (κ1) is 13.5. The molecular formula is C13H21N3OS.